The third-order valence-electron chi connectivity index (χ3n) is 2.65. The van der Waals surface area contributed by atoms with Gasteiger partial charge in [0.15, 0.2) is 0 Å². The molecule has 2 rings (SSSR count). The number of alkyl halides is 1. The lowest BCUT2D eigenvalue weighted by Crippen LogP contribution is -2.14. The molecule has 0 bridgehead atoms. The summed E-state index contributed by atoms with van der Waals surface area (Å²) >= 11 is 6.15. The third kappa shape index (κ3) is 1.58. The van der Waals surface area contributed by atoms with Gasteiger partial charge in [-0.25, -0.2) is 4.39 Å². The van der Waals surface area contributed by atoms with Crippen LogP contribution in [0.3, 0.4) is 0 Å². The molecule has 70 valence electrons. The smallest absolute Gasteiger partial charge is 0.126 e. The summed E-state index contributed by atoms with van der Waals surface area (Å²) in [6.07, 6.45) is 1.78. The molecule has 1 aliphatic carbocycles. The summed E-state index contributed by atoms with van der Waals surface area (Å²) in [5, 5.41) is -0.00514. The van der Waals surface area contributed by atoms with Crippen molar-refractivity contribution in [1.82, 2.24) is 0 Å². The zero-order chi connectivity index (χ0) is 9.42. The molecular weight excluding hydrogens is 187 g/mol. The molecular formula is C11H12ClF. The fraction of sp³-hybridized carbons (Fsp3) is 0.455. The van der Waals surface area contributed by atoms with Crippen molar-refractivity contribution in [3.63, 3.8) is 0 Å². The van der Waals surface area contributed by atoms with Crippen molar-refractivity contribution < 1.29 is 4.39 Å². The van der Waals surface area contributed by atoms with Crippen LogP contribution in [0.5, 0.6) is 0 Å². The molecule has 0 heterocycles. The van der Waals surface area contributed by atoms with E-state index in [1.165, 1.54) is 6.07 Å². The SMILES string of the molecule is CC1Cc2c(F)cccc2C(Cl)C1. The van der Waals surface area contributed by atoms with E-state index >= 15 is 0 Å². The molecule has 1 aliphatic rings. The molecule has 0 N–H and O–H groups in total. The normalized spacial score (nSPS) is 27.0. The minimum Gasteiger partial charge on any atom is -0.207 e. The van der Waals surface area contributed by atoms with Gasteiger partial charge < -0.3 is 0 Å². The summed E-state index contributed by atoms with van der Waals surface area (Å²) in [5.74, 6) is 0.390. The van der Waals surface area contributed by atoms with Crippen molar-refractivity contribution in [2.75, 3.05) is 0 Å². The predicted octanol–water partition coefficient (Wildman–Crippen LogP) is 3.69. The minimum absolute atomic E-state index is 0.00514. The van der Waals surface area contributed by atoms with Crippen LogP contribution in [0, 0.1) is 11.7 Å². The Morgan fingerprint density at radius 2 is 2.23 bits per heavy atom. The van der Waals surface area contributed by atoms with E-state index in [2.05, 4.69) is 6.92 Å². The van der Waals surface area contributed by atoms with Gasteiger partial charge in [0, 0.05) is 0 Å². The van der Waals surface area contributed by atoms with Crippen LogP contribution in [0.1, 0.15) is 29.8 Å². The number of halogens is 2. The van der Waals surface area contributed by atoms with Crippen molar-refractivity contribution in [3.8, 4) is 0 Å². The Hall–Kier alpha value is -0.560. The molecule has 0 radical (unpaired) electrons. The molecule has 2 unspecified atom stereocenters. The van der Waals surface area contributed by atoms with Gasteiger partial charge in [0.05, 0.1) is 5.38 Å². The van der Waals surface area contributed by atoms with Crippen molar-refractivity contribution in [1.29, 1.82) is 0 Å². The van der Waals surface area contributed by atoms with Gasteiger partial charge in [-0.15, -0.1) is 11.6 Å². The number of hydrogen-bond acceptors (Lipinski definition) is 0. The van der Waals surface area contributed by atoms with E-state index in [1.807, 2.05) is 6.07 Å². The second kappa shape index (κ2) is 3.30. The molecule has 0 saturated carbocycles. The molecule has 0 aromatic heterocycles. The predicted molar refractivity (Wildman–Crippen MR) is 52.5 cm³/mol. The number of benzene rings is 1. The maximum atomic E-state index is 13.4. The first-order valence-electron chi connectivity index (χ1n) is 4.60. The Morgan fingerprint density at radius 3 is 3.00 bits per heavy atom. The Bertz CT molecular complexity index is 322. The Morgan fingerprint density at radius 1 is 1.46 bits per heavy atom. The first kappa shape index (κ1) is 9.01. The highest BCUT2D eigenvalue weighted by Crippen LogP contribution is 2.38. The van der Waals surface area contributed by atoms with E-state index in [1.54, 1.807) is 6.07 Å². The first-order chi connectivity index (χ1) is 6.18. The van der Waals surface area contributed by atoms with Crippen LogP contribution in [0.4, 0.5) is 4.39 Å². The second-order valence-electron chi connectivity index (χ2n) is 3.82. The fourth-order valence-electron chi connectivity index (χ4n) is 2.00. The lowest BCUT2D eigenvalue weighted by molar-refractivity contribution is 0.470. The molecule has 0 aliphatic heterocycles. The fourth-order valence-corrected chi connectivity index (χ4v) is 2.50. The molecule has 0 fully saturated rings. The second-order valence-corrected chi connectivity index (χ2v) is 4.35. The highest BCUT2D eigenvalue weighted by Gasteiger charge is 2.24. The highest BCUT2D eigenvalue weighted by molar-refractivity contribution is 6.21. The molecule has 1 aromatic rings. The third-order valence-corrected chi connectivity index (χ3v) is 3.07. The topological polar surface area (TPSA) is 0 Å². The minimum atomic E-state index is -0.102. The van der Waals surface area contributed by atoms with Crippen LogP contribution < -0.4 is 0 Å². The molecule has 0 amide bonds. The van der Waals surface area contributed by atoms with Gasteiger partial charge >= 0.3 is 0 Å². The van der Waals surface area contributed by atoms with E-state index in [0.717, 1.165) is 24.0 Å². The van der Waals surface area contributed by atoms with Crippen LogP contribution in [0.25, 0.3) is 0 Å². The molecule has 2 heteroatoms. The lowest BCUT2D eigenvalue weighted by Gasteiger charge is -2.25. The van der Waals surface area contributed by atoms with Gasteiger partial charge in [-0.05, 0) is 36.0 Å². The summed E-state index contributed by atoms with van der Waals surface area (Å²) in [4.78, 5) is 0. The van der Waals surface area contributed by atoms with E-state index in [9.17, 15) is 4.39 Å². The summed E-state index contributed by atoms with van der Waals surface area (Å²) in [6.45, 7) is 2.12. The average Bonchev–Trinajstić information content (AvgIpc) is 2.07. The van der Waals surface area contributed by atoms with Gasteiger partial charge in [0.1, 0.15) is 5.82 Å². The molecule has 13 heavy (non-hydrogen) atoms. The zero-order valence-corrected chi connectivity index (χ0v) is 8.31. The van der Waals surface area contributed by atoms with Crippen molar-refractivity contribution in [3.05, 3.63) is 35.1 Å². The quantitative estimate of drug-likeness (QED) is 0.558. The van der Waals surface area contributed by atoms with Gasteiger partial charge in [0.2, 0.25) is 0 Å². The molecule has 1 aromatic carbocycles. The van der Waals surface area contributed by atoms with E-state index in [4.69, 9.17) is 11.6 Å². The summed E-state index contributed by atoms with van der Waals surface area (Å²) in [5.41, 5.74) is 1.81. The maximum absolute atomic E-state index is 13.4. The van der Waals surface area contributed by atoms with Gasteiger partial charge in [0.25, 0.3) is 0 Å². The van der Waals surface area contributed by atoms with Crippen molar-refractivity contribution >= 4 is 11.6 Å². The Balaban J connectivity index is 2.49. The molecule has 0 nitrogen and oxygen atoms in total. The first-order valence-corrected chi connectivity index (χ1v) is 5.03. The summed E-state index contributed by atoms with van der Waals surface area (Å²) in [7, 11) is 0. The zero-order valence-electron chi connectivity index (χ0n) is 7.56. The van der Waals surface area contributed by atoms with Crippen LogP contribution in [0.2, 0.25) is 0 Å². The van der Waals surface area contributed by atoms with Gasteiger partial charge in [-0.1, -0.05) is 19.1 Å². The average molecular weight is 199 g/mol. The molecule has 0 saturated heterocycles. The standard InChI is InChI=1S/C11H12ClF/c1-7-5-9-8(10(12)6-7)3-2-4-11(9)13/h2-4,7,10H,5-6H2,1H3. The van der Waals surface area contributed by atoms with Gasteiger partial charge in [-0.3, -0.25) is 0 Å². The van der Waals surface area contributed by atoms with Crippen LogP contribution in [-0.4, -0.2) is 0 Å². The van der Waals surface area contributed by atoms with Crippen molar-refractivity contribution in [2.45, 2.75) is 25.1 Å². The van der Waals surface area contributed by atoms with E-state index in [-0.39, 0.29) is 11.2 Å². The highest BCUT2D eigenvalue weighted by atomic mass is 35.5. The monoisotopic (exact) mass is 198 g/mol. The number of fused-ring (bicyclic) bond motifs is 1. The van der Waals surface area contributed by atoms with Crippen LogP contribution in [0.15, 0.2) is 18.2 Å². The number of rotatable bonds is 0. The summed E-state index contributed by atoms with van der Waals surface area (Å²) < 4.78 is 13.4. The van der Waals surface area contributed by atoms with Crippen molar-refractivity contribution in [2.24, 2.45) is 5.92 Å². The Kier molecular flexibility index (Phi) is 2.29. The molecule has 0 spiro atoms. The Labute approximate surface area is 82.7 Å². The summed E-state index contributed by atoms with van der Waals surface area (Å²) in [6, 6.07) is 5.18. The van der Waals surface area contributed by atoms with Gasteiger partial charge in [-0.2, -0.15) is 0 Å². The maximum Gasteiger partial charge on any atom is 0.126 e. The molecule has 2 atom stereocenters. The largest absolute Gasteiger partial charge is 0.207 e. The lowest BCUT2D eigenvalue weighted by atomic mass is 9.84. The van der Waals surface area contributed by atoms with Crippen LogP contribution >= 0.6 is 11.6 Å². The van der Waals surface area contributed by atoms with Crippen LogP contribution in [-0.2, 0) is 6.42 Å². The number of hydrogen-bond donors (Lipinski definition) is 0. The van der Waals surface area contributed by atoms with E-state index < -0.39 is 0 Å². The van der Waals surface area contributed by atoms with E-state index in [0.29, 0.717) is 5.92 Å².